The summed E-state index contributed by atoms with van der Waals surface area (Å²) in [5, 5.41) is 5.20. The van der Waals surface area contributed by atoms with Crippen LogP contribution in [0.4, 0.5) is 5.69 Å². The minimum atomic E-state index is -0.536. The van der Waals surface area contributed by atoms with Gasteiger partial charge in [-0.3, -0.25) is 9.32 Å². The summed E-state index contributed by atoms with van der Waals surface area (Å²) >= 11 is 1.12. The third kappa shape index (κ3) is 4.40. The molecule has 7 nitrogen and oxygen atoms in total. The molecule has 8 heteroatoms. The highest BCUT2D eigenvalue weighted by Crippen LogP contribution is 2.20. The van der Waals surface area contributed by atoms with Crippen molar-refractivity contribution >= 4 is 23.4 Å². The van der Waals surface area contributed by atoms with Crippen LogP contribution in [-0.4, -0.2) is 23.5 Å². The maximum Gasteiger partial charge on any atom is 0.442 e. The van der Waals surface area contributed by atoms with Gasteiger partial charge in [-0.25, -0.2) is 4.79 Å². The number of carbonyl (C=O) groups excluding carboxylic acids is 1. The Morgan fingerprint density at radius 3 is 2.67 bits per heavy atom. The summed E-state index contributed by atoms with van der Waals surface area (Å²) in [6.45, 7) is 3.69. The fraction of sp³-hybridized carbons (Fsp3) is 0.211. The number of hydrogen-bond acceptors (Lipinski definition) is 5. The van der Waals surface area contributed by atoms with Gasteiger partial charge in [0.2, 0.25) is 11.6 Å². The number of nitrogens with zero attached hydrogens (tertiary/aromatic N) is 1. The first-order valence-electron chi connectivity index (χ1n) is 8.30. The van der Waals surface area contributed by atoms with Crippen molar-refractivity contribution in [2.24, 2.45) is 0 Å². The van der Waals surface area contributed by atoms with Crippen LogP contribution in [0.5, 0.6) is 5.75 Å². The Hall–Kier alpha value is -3.00. The van der Waals surface area contributed by atoms with E-state index >= 15 is 0 Å². The van der Waals surface area contributed by atoms with Crippen LogP contribution in [0.3, 0.4) is 0 Å². The summed E-state index contributed by atoms with van der Waals surface area (Å²) in [4.78, 5) is 24.6. The number of nitrogens with one attached hydrogen (secondary N) is 2. The normalized spacial score (nSPS) is 11.8. The first-order valence-corrected chi connectivity index (χ1v) is 9.18. The number of benzene rings is 2. The number of H-pyrrole nitrogens is 1. The number of anilines is 1. The van der Waals surface area contributed by atoms with Crippen LogP contribution >= 0.6 is 11.8 Å². The molecule has 1 amide bonds. The molecule has 0 aliphatic heterocycles. The lowest BCUT2D eigenvalue weighted by atomic mass is 10.2. The molecule has 3 aromatic rings. The van der Waals surface area contributed by atoms with Crippen LogP contribution in [0.1, 0.15) is 12.5 Å². The van der Waals surface area contributed by atoms with E-state index in [0.29, 0.717) is 11.4 Å². The molecule has 0 radical (unpaired) electrons. The standard InChI is InChI=1S/C19H19N3O4S/c1-12-5-4-6-14(11-12)20-17(23)13(2)27-18-19(24)26-21-22(18)15-7-9-16(25-3)10-8-15/h4-11,13H,1-3H3,(H-,20,21,23,24)/p+1. The van der Waals surface area contributed by atoms with Gasteiger partial charge in [-0.1, -0.05) is 12.1 Å². The van der Waals surface area contributed by atoms with Crippen molar-refractivity contribution in [2.75, 3.05) is 12.4 Å². The quantitative estimate of drug-likeness (QED) is 0.502. The van der Waals surface area contributed by atoms with Crippen LogP contribution in [0, 0.1) is 6.92 Å². The first kappa shape index (κ1) is 18.8. The van der Waals surface area contributed by atoms with Crippen molar-refractivity contribution in [1.29, 1.82) is 0 Å². The number of amides is 1. The van der Waals surface area contributed by atoms with E-state index in [1.165, 1.54) is 4.68 Å². The molecule has 140 valence electrons. The number of aryl methyl sites for hydroxylation is 1. The summed E-state index contributed by atoms with van der Waals surface area (Å²) in [5.74, 6) is 0.498. The van der Waals surface area contributed by atoms with Crippen LogP contribution in [0.2, 0.25) is 0 Å². The Kier molecular flexibility index (Phi) is 5.66. The zero-order chi connectivity index (χ0) is 19.4. The SMILES string of the molecule is COc1ccc(-[n+]2[nH]oc(=O)c2SC(C)C(=O)Nc2cccc(C)c2)cc1. The number of aromatic amines is 1. The van der Waals surface area contributed by atoms with Crippen LogP contribution < -0.4 is 20.4 Å². The predicted octanol–water partition coefficient (Wildman–Crippen LogP) is 2.68. The Labute approximate surface area is 160 Å². The van der Waals surface area contributed by atoms with E-state index in [-0.39, 0.29) is 10.9 Å². The lowest BCUT2D eigenvalue weighted by Gasteiger charge is -2.09. The second-order valence-corrected chi connectivity index (χ2v) is 7.27. The molecule has 3 rings (SSSR count). The second kappa shape index (κ2) is 8.13. The zero-order valence-electron chi connectivity index (χ0n) is 15.2. The van der Waals surface area contributed by atoms with E-state index in [2.05, 4.69) is 10.6 Å². The Bertz CT molecular complexity index is 995. The van der Waals surface area contributed by atoms with Crippen LogP contribution in [-0.2, 0) is 4.79 Å². The van der Waals surface area contributed by atoms with Crippen molar-refractivity contribution in [1.82, 2.24) is 5.27 Å². The number of carbonyl (C=O) groups is 1. The van der Waals surface area contributed by atoms with E-state index in [4.69, 9.17) is 9.26 Å². The molecule has 1 aromatic heterocycles. The Morgan fingerprint density at radius 2 is 2.00 bits per heavy atom. The summed E-state index contributed by atoms with van der Waals surface area (Å²) in [7, 11) is 1.58. The van der Waals surface area contributed by atoms with Crippen molar-refractivity contribution in [3.8, 4) is 11.4 Å². The smallest absolute Gasteiger partial charge is 0.442 e. The molecule has 0 bridgehead atoms. The van der Waals surface area contributed by atoms with Gasteiger partial charge in [0, 0.05) is 17.8 Å². The second-order valence-electron chi connectivity index (χ2n) is 5.94. The third-order valence-electron chi connectivity index (χ3n) is 3.88. The number of hydrogen-bond donors (Lipinski definition) is 2. The van der Waals surface area contributed by atoms with Gasteiger partial charge in [0.05, 0.1) is 12.4 Å². The molecular formula is C19H20N3O4S+. The fourth-order valence-electron chi connectivity index (χ4n) is 2.45. The highest BCUT2D eigenvalue weighted by atomic mass is 32.2. The molecule has 0 aliphatic carbocycles. The van der Waals surface area contributed by atoms with Crippen LogP contribution in [0.25, 0.3) is 5.69 Å². The van der Waals surface area contributed by atoms with E-state index in [9.17, 15) is 9.59 Å². The lowest BCUT2D eigenvalue weighted by Crippen LogP contribution is -2.37. The van der Waals surface area contributed by atoms with Gasteiger partial charge in [0.1, 0.15) is 5.75 Å². The van der Waals surface area contributed by atoms with Gasteiger partial charge in [0.15, 0.2) is 0 Å². The molecule has 1 heterocycles. The molecule has 27 heavy (non-hydrogen) atoms. The molecule has 1 unspecified atom stereocenters. The molecular weight excluding hydrogens is 366 g/mol. The lowest BCUT2D eigenvalue weighted by molar-refractivity contribution is -0.704. The van der Waals surface area contributed by atoms with E-state index in [0.717, 1.165) is 23.0 Å². The number of rotatable bonds is 6. The topological polar surface area (TPSA) is 88.2 Å². The van der Waals surface area contributed by atoms with Gasteiger partial charge in [-0.15, -0.1) is 0 Å². The summed E-state index contributed by atoms with van der Waals surface area (Å²) in [6.07, 6.45) is 0. The zero-order valence-corrected chi connectivity index (χ0v) is 16.0. The molecule has 0 saturated carbocycles. The summed E-state index contributed by atoms with van der Waals surface area (Å²) in [5.41, 5.74) is 1.93. The van der Waals surface area contributed by atoms with Crippen molar-refractivity contribution in [3.63, 3.8) is 0 Å². The molecule has 0 fully saturated rings. The number of thioether (sulfide) groups is 1. The first-order chi connectivity index (χ1) is 13.0. The Balaban J connectivity index is 1.77. The Morgan fingerprint density at radius 1 is 1.26 bits per heavy atom. The van der Waals surface area contributed by atoms with Crippen molar-refractivity contribution < 1.29 is 18.7 Å². The molecule has 0 aliphatic rings. The fourth-order valence-corrected chi connectivity index (χ4v) is 3.34. The number of ether oxygens (including phenoxy) is 1. The number of methoxy groups -OCH3 is 1. The van der Waals surface area contributed by atoms with E-state index < -0.39 is 10.9 Å². The third-order valence-corrected chi connectivity index (χ3v) is 5.02. The van der Waals surface area contributed by atoms with E-state index in [1.807, 2.05) is 31.2 Å². The van der Waals surface area contributed by atoms with Crippen molar-refractivity contribution in [2.45, 2.75) is 24.1 Å². The monoisotopic (exact) mass is 386 g/mol. The van der Waals surface area contributed by atoms with Gasteiger partial charge >= 0.3 is 10.7 Å². The molecule has 2 aromatic carbocycles. The predicted molar refractivity (Wildman–Crippen MR) is 103 cm³/mol. The summed E-state index contributed by atoms with van der Waals surface area (Å²) < 4.78 is 11.6. The van der Waals surface area contributed by atoms with Crippen LogP contribution in [0.15, 0.2) is 62.9 Å². The maximum atomic E-state index is 12.5. The van der Waals surface area contributed by atoms with Gasteiger partial charge in [0.25, 0.3) is 0 Å². The maximum absolute atomic E-state index is 12.5. The molecule has 0 spiro atoms. The highest BCUT2D eigenvalue weighted by Gasteiger charge is 2.29. The van der Waals surface area contributed by atoms with Gasteiger partial charge in [-0.05, 0) is 65.4 Å². The minimum Gasteiger partial charge on any atom is -0.497 e. The average Bonchev–Trinajstić information content (AvgIpc) is 3.02. The summed E-state index contributed by atoms with van der Waals surface area (Å²) in [6, 6.07) is 14.7. The molecule has 2 N–H and O–H groups in total. The largest absolute Gasteiger partial charge is 0.497 e. The minimum absolute atomic E-state index is 0.201. The van der Waals surface area contributed by atoms with Gasteiger partial charge < -0.3 is 10.1 Å². The molecule has 0 saturated heterocycles. The van der Waals surface area contributed by atoms with Gasteiger partial charge in [-0.2, -0.15) is 0 Å². The van der Waals surface area contributed by atoms with Crippen molar-refractivity contribution in [3.05, 3.63) is 64.5 Å². The average molecular weight is 386 g/mol. The van der Waals surface area contributed by atoms with E-state index in [1.54, 1.807) is 38.3 Å². The molecule has 1 atom stereocenters. The highest BCUT2D eigenvalue weighted by molar-refractivity contribution is 8.00. The number of aromatic nitrogens is 2.